The van der Waals surface area contributed by atoms with Crippen molar-refractivity contribution in [3.63, 3.8) is 0 Å². The quantitative estimate of drug-likeness (QED) is 0.596. The van der Waals surface area contributed by atoms with E-state index in [1.54, 1.807) is 0 Å². The van der Waals surface area contributed by atoms with Gasteiger partial charge in [0.15, 0.2) is 0 Å². The number of carbonyl (C=O) groups is 1. The van der Waals surface area contributed by atoms with Crippen LogP contribution in [0.2, 0.25) is 0 Å². The van der Waals surface area contributed by atoms with Gasteiger partial charge in [0.25, 0.3) is 0 Å². The standard InChI is InChI=1S/C22H36O2/c1-8-15(4)19-16(5)10-11-17-12-14(3)13-18(20(17)19)24-21(23)22(6,7)9-2/h10-12,14-16,18-20H,8-9,13H2,1-7H3/t14-,15?,16+,18?,19+,20?/m1/s1. The highest BCUT2D eigenvalue weighted by molar-refractivity contribution is 5.76. The number of esters is 1. The van der Waals surface area contributed by atoms with E-state index in [9.17, 15) is 4.79 Å². The summed E-state index contributed by atoms with van der Waals surface area (Å²) in [6.45, 7) is 15.2. The topological polar surface area (TPSA) is 26.3 Å². The number of carbonyl (C=O) groups excluding carboxylic acids is 1. The molecular formula is C22H36O2. The molecule has 0 saturated heterocycles. The van der Waals surface area contributed by atoms with Crippen LogP contribution in [0.15, 0.2) is 23.8 Å². The first-order valence-corrected chi connectivity index (χ1v) is 9.82. The largest absolute Gasteiger partial charge is 0.461 e. The van der Waals surface area contributed by atoms with Crippen LogP contribution in [0.5, 0.6) is 0 Å². The molecule has 2 aliphatic rings. The third-order valence-electron chi connectivity index (χ3n) is 6.48. The predicted octanol–water partition coefficient (Wildman–Crippen LogP) is 5.79. The third-order valence-corrected chi connectivity index (χ3v) is 6.48. The maximum absolute atomic E-state index is 12.7. The fourth-order valence-corrected chi connectivity index (χ4v) is 4.30. The lowest BCUT2D eigenvalue weighted by Gasteiger charge is -2.45. The molecule has 2 rings (SSSR count). The Balaban J connectivity index is 2.32. The molecule has 6 atom stereocenters. The molecule has 24 heavy (non-hydrogen) atoms. The van der Waals surface area contributed by atoms with Crippen LogP contribution in [0.25, 0.3) is 0 Å². The van der Waals surface area contributed by atoms with Gasteiger partial charge in [-0.3, -0.25) is 4.79 Å². The Morgan fingerprint density at radius 1 is 1.33 bits per heavy atom. The normalized spacial score (nSPS) is 34.3. The fourth-order valence-electron chi connectivity index (χ4n) is 4.30. The van der Waals surface area contributed by atoms with Crippen LogP contribution in [-0.4, -0.2) is 12.1 Å². The molecule has 0 fully saturated rings. The van der Waals surface area contributed by atoms with Crippen molar-refractivity contribution in [2.45, 2.75) is 73.8 Å². The summed E-state index contributed by atoms with van der Waals surface area (Å²) >= 11 is 0. The van der Waals surface area contributed by atoms with Crippen molar-refractivity contribution < 1.29 is 9.53 Å². The summed E-state index contributed by atoms with van der Waals surface area (Å²) in [4.78, 5) is 12.7. The molecule has 0 saturated carbocycles. The number of rotatable bonds is 5. The van der Waals surface area contributed by atoms with Gasteiger partial charge in [-0.15, -0.1) is 0 Å². The number of ether oxygens (including phenoxy) is 1. The van der Waals surface area contributed by atoms with Crippen molar-refractivity contribution >= 4 is 5.97 Å². The number of hydrogen-bond acceptors (Lipinski definition) is 2. The highest BCUT2D eigenvalue weighted by Gasteiger charge is 2.44. The molecule has 2 aliphatic carbocycles. The Hall–Kier alpha value is -1.05. The molecule has 2 nitrogen and oxygen atoms in total. The van der Waals surface area contributed by atoms with E-state index >= 15 is 0 Å². The van der Waals surface area contributed by atoms with Gasteiger partial charge >= 0.3 is 5.97 Å². The van der Waals surface area contributed by atoms with Gasteiger partial charge in [0.1, 0.15) is 6.10 Å². The van der Waals surface area contributed by atoms with E-state index in [1.807, 2.05) is 13.8 Å². The first kappa shape index (κ1) is 19.3. The minimum absolute atomic E-state index is 0.0183. The molecule has 0 heterocycles. The molecule has 0 aliphatic heterocycles. The van der Waals surface area contributed by atoms with E-state index in [1.165, 1.54) is 12.0 Å². The second-order valence-electron chi connectivity index (χ2n) is 8.77. The van der Waals surface area contributed by atoms with Gasteiger partial charge in [0.05, 0.1) is 5.41 Å². The highest BCUT2D eigenvalue weighted by Crippen LogP contribution is 2.46. The molecule has 0 aromatic carbocycles. The molecule has 0 spiro atoms. The van der Waals surface area contributed by atoms with Crippen molar-refractivity contribution in [1.82, 2.24) is 0 Å². The van der Waals surface area contributed by atoms with Crippen LogP contribution in [0, 0.1) is 35.0 Å². The summed E-state index contributed by atoms with van der Waals surface area (Å²) in [7, 11) is 0. The Kier molecular flexibility index (Phi) is 5.99. The summed E-state index contributed by atoms with van der Waals surface area (Å²) in [5.74, 6) is 2.51. The van der Waals surface area contributed by atoms with E-state index in [2.05, 4.69) is 52.8 Å². The van der Waals surface area contributed by atoms with Crippen molar-refractivity contribution in [2.24, 2.45) is 35.0 Å². The SMILES string of the molecule is CCC(C)[C@@H]1C2C(=C[C@@H](C)CC2OC(=O)C(C)(C)CC)C=C[C@@H]1C. The van der Waals surface area contributed by atoms with Gasteiger partial charge < -0.3 is 4.74 Å². The lowest BCUT2D eigenvalue weighted by atomic mass is 9.62. The summed E-state index contributed by atoms with van der Waals surface area (Å²) in [6, 6.07) is 0. The lowest BCUT2D eigenvalue weighted by Crippen LogP contribution is -2.44. The second kappa shape index (κ2) is 7.45. The first-order valence-electron chi connectivity index (χ1n) is 9.82. The average molecular weight is 333 g/mol. The van der Waals surface area contributed by atoms with Gasteiger partial charge in [0, 0.05) is 5.92 Å². The maximum Gasteiger partial charge on any atom is 0.311 e. The highest BCUT2D eigenvalue weighted by atomic mass is 16.5. The average Bonchev–Trinajstić information content (AvgIpc) is 2.54. The van der Waals surface area contributed by atoms with E-state index < -0.39 is 5.41 Å². The Labute approximate surface area is 148 Å². The fraction of sp³-hybridized carbons (Fsp3) is 0.773. The van der Waals surface area contributed by atoms with Gasteiger partial charge in [-0.1, -0.05) is 59.3 Å². The zero-order valence-corrected chi connectivity index (χ0v) is 16.6. The molecule has 3 unspecified atom stereocenters. The third kappa shape index (κ3) is 3.78. The summed E-state index contributed by atoms with van der Waals surface area (Å²) < 4.78 is 6.15. The molecule has 0 N–H and O–H groups in total. The van der Waals surface area contributed by atoms with Crippen molar-refractivity contribution in [3.8, 4) is 0 Å². The van der Waals surface area contributed by atoms with E-state index in [4.69, 9.17) is 4.74 Å². The zero-order chi connectivity index (χ0) is 18.1. The molecule has 0 aromatic rings. The van der Waals surface area contributed by atoms with Gasteiger partial charge in [-0.2, -0.15) is 0 Å². The van der Waals surface area contributed by atoms with Crippen molar-refractivity contribution in [2.75, 3.05) is 0 Å². The summed E-state index contributed by atoms with van der Waals surface area (Å²) in [5, 5.41) is 0. The molecule has 2 heteroatoms. The Morgan fingerprint density at radius 3 is 2.58 bits per heavy atom. The smallest absolute Gasteiger partial charge is 0.311 e. The van der Waals surface area contributed by atoms with E-state index in [0.29, 0.717) is 29.6 Å². The van der Waals surface area contributed by atoms with Crippen LogP contribution in [-0.2, 0) is 9.53 Å². The van der Waals surface area contributed by atoms with Crippen molar-refractivity contribution in [3.05, 3.63) is 23.8 Å². The molecular weight excluding hydrogens is 296 g/mol. The van der Waals surface area contributed by atoms with Crippen LogP contribution in [0.3, 0.4) is 0 Å². The minimum Gasteiger partial charge on any atom is -0.461 e. The van der Waals surface area contributed by atoms with Gasteiger partial charge in [-0.25, -0.2) is 0 Å². The minimum atomic E-state index is -0.396. The molecule has 0 amide bonds. The zero-order valence-electron chi connectivity index (χ0n) is 16.6. The van der Waals surface area contributed by atoms with Gasteiger partial charge in [0.2, 0.25) is 0 Å². The first-order chi connectivity index (χ1) is 11.2. The Bertz CT molecular complexity index is 514. The summed E-state index contributed by atoms with van der Waals surface area (Å²) in [6.07, 6.45) is 9.99. The van der Waals surface area contributed by atoms with Crippen LogP contribution in [0.1, 0.15) is 67.7 Å². The van der Waals surface area contributed by atoms with Crippen molar-refractivity contribution in [1.29, 1.82) is 0 Å². The second-order valence-corrected chi connectivity index (χ2v) is 8.77. The van der Waals surface area contributed by atoms with E-state index in [0.717, 1.165) is 12.8 Å². The molecule has 0 aromatic heterocycles. The molecule has 136 valence electrons. The number of allylic oxidation sites excluding steroid dienone is 3. The maximum atomic E-state index is 12.7. The monoisotopic (exact) mass is 332 g/mol. The lowest BCUT2D eigenvalue weighted by molar-refractivity contribution is -0.165. The summed E-state index contributed by atoms with van der Waals surface area (Å²) in [5.41, 5.74) is 0.997. The van der Waals surface area contributed by atoms with Crippen LogP contribution in [0.4, 0.5) is 0 Å². The molecule has 0 radical (unpaired) electrons. The van der Waals surface area contributed by atoms with Crippen LogP contribution >= 0.6 is 0 Å². The van der Waals surface area contributed by atoms with Crippen LogP contribution < -0.4 is 0 Å². The molecule has 0 bridgehead atoms. The van der Waals surface area contributed by atoms with Gasteiger partial charge in [-0.05, 0) is 55.9 Å². The predicted molar refractivity (Wildman–Crippen MR) is 101 cm³/mol. The Morgan fingerprint density at radius 2 is 2.00 bits per heavy atom. The van der Waals surface area contributed by atoms with E-state index in [-0.39, 0.29) is 12.1 Å². The number of hydrogen-bond donors (Lipinski definition) is 0. The number of fused-ring (bicyclic) bond motifs is 1.